The van der Waals surface area contributed by atoms with Crippen molar-refractivity contribution >= 4 is 17.5 Å². The highest BCUT2D eigenvalue weighted by Gasteiger charge is 2.19. The van der Waals surface area contributed by atoms with Gasteiger partial charge in [0, 0.05) is 12.3 Å². The standard InChI is InChI=1S/C15H21FN2O3/c1-15(2,3)21-14(19)18-10-4-5-12(16)13(8-10)17-11-6-7-20-9-11/h4-5,8,11,17H,6-7,9H2,1-3H3,(H,18,19). The van der Waals surface area contributed by atoms with Crippen LogP contribution in [0.25, 0.3) is 0 Å². The molecule has 1 saturated heterocycles. The molecule has 116 valence electrons. The van der Waals surface area contributed by atoms with Crippen LogP contribution in [0, 0.1) is 5.82 Å². The van der Waals surface area contributed by atoms with Gasteiger partial charge in [-0.1, -0.05) is 0 Å². The molecular weight excluding hydrogens is 275 g/mol. The average Bonchev–Trinajstić information content (AvgIpc) is 2.84. The number of benzene rings is 1. The van der Waals surface area contributed by atoms with Crippen molar-refractivity contribution in [2.45, 2.75) is 38.8 Å². The zero-order chi connectivity index (χ0) is 15.5. The van der Waals surface area contributed by atoms with Crippen LogP contribution >= 0.6 is 0 Å². The third kappa shape index (κ3) is 4.90. The fourth-order valence-electron chi connectivity index (χ4n) is 2.00. The molecule has 21 heavy (non-hydrogen) atoms. The molecule has 1 fully saturated rings. The second-order valence-electron chi connectivity index (χ2n) is 6.03. The van der Waals surface area contributed by atoms with E-state index >= 15 is 0 Å². The minimum atomic E-state index is -0.577. The second-order valence-corrected chi connectivity index (χ2v) is 6.03. The van der Waals surface area contributed by atoms with Crippen molar-refractivity contribution < 1.29 is 18.7 Å². The molecular formula is C15H21FN2O3. The summed E-state index contributed by atoms with van der Waals surface area (Å²) in [6.07, 6.45) is 0.271. The maximum Gasteiger partial charge on any atom is 0.412 e. The van der Waals surface area contributed by atoms with Crippen LogP contribution in [-0.4, -0.2) is 30.9 Å². The molecule has 1 aromatic carbocycles. The summed E-state index contributed by atoms with van der Waals surface area (Å²) >= 11 is 0. The summed E-state index contributed by atoms with van der Waals surface area (Å²) in [5.74, 6) is -0.364. The molecule has 1 unspecified atom stereocenters. The van der Waals surface area contributed by atoms with E-state index in [-0.39, 0.29) is 11.9 Å². The average molecular weight is 296 g/mol. The largest absolute Gasteiger partial charge is 0.444 e. The fourth-order valence-corrected chi connectivity index (χ4v) is 2.00. The zero-order valence-corrected chi connectivity index (χ0v) is 12.5. The van der Waals surface area contributed by atoms with E-state index < -0.39 is 11.7 Å². The summed E-state index contributed by atoms with van der Waals surface area (Å²) in [4.78, 5) is 11.7. The van der Waals surface area contributed by atoms with E-state index in [2.05, 4.69) is 10.6 Å². The number of hydrogen-bond acceptors (Lipinski definition) is 4. The van der Waals surface area contributed by atoms with E-state index in [0.717, 1.165) is 6.42 Å². The topological polar surface area (TPSA) is 59.6 Å². The lowest BCUT2D eigenvalue weighted by molar-refractivity contribution is 0.0636. The highest BCUT2D eigenvalue weighted by atomic mass is 19.1. The Morgan fingerprint density at radius 1 is 1.43 bits per heavy atom. The summed E-state index contributed by atoms with van der Waals surface area (Å²) in [7, 11) is 0. The molecule has 2 N–H and O–H groups in total. The molecule has 1 aromatic rings. The third-order valence-corrected chi connectivity index (χ3v) is 2.90. The molecule has 0 saturated carbocycles. The summed E-state index contributed by atoms with van der Waals surface area (Å²) in [5, 5.41) is 5.67. The molecule has 0 radical (unpaired) electrons. The van der Waals surface area contributed by atoms with E-state index in [1.807, 2.05) is 0 Å². The quantitative estimate of drug-likeness (QED) is 0.897. The number of nitrogens with one attached hydrogen (secondary N) is 2. The minimum absolute atomic E-state index is 0.0938. The molecule has 1 heterocycles. The molecule has 2 rings (SSSR count). The van der Waals surface area contributed by atoms with Gasteiger partial charge in [0.25, 0.3) is 0 Å². The Balaban J connectivity index is 2.02. The van der Waals surface area contributed by atoms with Gasteiger partial charge < -0.3 is 14.8 Å². The van der Waals surface area contributed by atoms with Gasteiger partial charge in [-0.3, -0.25) is 5.32 Å². The van der Waals surface area contributed by atoms with Crippen LogP contribution in [-0.2, 0) is 9.47 Å². The number of rotatable bonds is 3. The van der Waals surface area contributed by atoms with Gasteiger partial charge in [-0.05, 0) is 45.4 Å². The lowest BCUT2D eigenvalue weighted by Crippen LogP contribution is -2.27. The smallest absolute Gasteiger partial charge is 0.412 e. The predicted molar refractivity (Wildman–Crippen MR) is 79.1 cm³/mol. The Morgan fingerprint density at radius 3 is 2.81 bits per heavy atom. The van der Waals surface area contributed by atoms with Crippen molar-refractivity contribution in [2.75, 3.05) is 23.8 Å². The van der Waals surface area contributed by atoms with Gasteiger partial charge in [0.05, 0.1) is 18.3 Å². The number of carbonyl (C=O) groups is 1. The Labute approximate surface area is 123 Å². The Morgan fingerprint density at radius 2 is 2.19 bits per heavy atom. The first kappa shape index (κ1) is 15.6. The second kappa shape index (κ2) is 6.30. The van der Waals surface area contributed by atoms with Crippen LogP contribution in [0.3, 0.4) is 0 Å². The van der Waals surface area contributed by atoms with Crippen LogP contribution in [0.2, 0.25) is 0 Å². The first-order valence-corrected chi connectivity index (χ1v) is 6.97. The molecule has 1 aliphatic rings. The number of hydrogen-bond donors (Lipinski definition) is 2. The summed E-state index contributed by atoms with van der Waals surface area (Å²) < 4.78 is 24.2. The van der Waals surface area contributed by atoms with Crippen molar-refractivity contribution in [3.63, 3.8) is 0 Å². The molecule has 0 bridgehead atoms. The predicted octanol–water partition coefficient (Wildman–Crippen LogP) is 3.37. The Hall–Kier alpha value is -1.82. The number of carbonyl (C=O) groups excluding carboxylic acids is 1. The van der Waals surface area contributed by atoms with Crippen molar-refractivity contribution in [3.8, 4) is 0 Å². The highest BCUT2D eigenvalue weighted by molar-refractivity contribution is 5.85. The monoisotopic (exact) mass is 296 g/mol. The van der Waals surface area contributed by atoms with Crippen LogP contribution in [0.5, 0.6) is 0 Å². The summed E-state index contributed by atoms with van der Waals surface area (Å²) in [6.45, 7) is 6.58. The first-order valence-electron chi connectivity index (χ1n) is 6.97. The van der Waals surface area contributed by atoms with Gasteiger partial charge in [0.15, 0.2) is 0 Å². The highest BCUT2D eigenvalue weighted by Crippen LogP contribution is 2.22. The van der Waals surface area contributed by atoms with E-state index in [0.29, 0.717) is 24.6 Å². The summed E-state index contributed by atoms with van der Waals surface area (Å²) in [5.41, 5.74) is 0.248. The minimum Gasteiger partial charge on any atom is -0.444 e. The fraction of sp³-hybridized carbons (Fsp3) is 0.533. The molecule has 1 amide bonds. The molecule has 5 nitrogen and oxygen atoms in total. The first-order chi connectivity index (χ1) is 9.83. The van der Waals surface area contributed by atoms with E-state index in [1.54, 1.807) is 26.8 Å². The number of anilines is 2. The van der Waals surface area contributed by atoms with Crippen molar-refractivity contribution in [3.05, 3.63) is 24.0 Å². The molecule has 0 aliphatic carbocycles. The van der Waals surface area contributed by atoms with E-state index in [9.17, 15) is 9.18 Å². The van der Waals surface area contributed by atoms with Gasteiger partial charge in [0.2, 0.25) is 0 Å². The van der Waals surface area contributed by atoms with Crippen molar-refractivity contribution in [1.29, 1.82) is 0 Å². The molecule has 0 aromatic heterocycles. The zero-order valence-electron chi connectivity index (χ0n) is 12.5. The van der Waals surface area contributed by atoms with Gasteiger partial charge in [-0.2, -0.15) is 0 Å². The van der Waals surface area contributed by atoms with Crippen LogP contribution in [0.15, 0.2) is 18.2 Å². The van der Waals surface area contributed by atoms with Crippen molar-refractivity contribution in [1.82, 2.24) is 0 Å². The van der Waals surface area contributed by atoms with E-state index in [4.69, 9.17) is 9.47 Å². The van der Waals surface area contributed by atoms with Crippen molar-refractivity contribution in [2.24, 2.45) is 0 Å². The maximum absolute atomic E-state index is 13.8. The maximum atomic E-state index is 13.8. The van der Waals surface area contributed by atoms with Gasteiger partial charge in [0.1, 0.15) is 11.4 Å². The van der Waals surface area contributed by atoms with Gasteiger partial charge in [-0.15, -0.1) is 0 Å². The van der Waals surface area contributed by atoms with Gasteiger partial charge in [-0.25, -0.2) is 9.18 Å². The number of ether oxygens (including phenoxy) is 2. The molecule has 6 heteroatoms. The number of amides is 1. The molecule has 0 spiro atoms. The molecule has 1 aliphatic heterocycles. The lowest BCUT2D eigenvalue weighted by atomic mass is 10.2. The SMILES string of the molecule is CC(C)(C)OC(=O)Nc1ccc(F)c(NC2CCOC2)c1. The molecule has 1 atom stereocenters. The summed E-state index contributed by atoms with van der Waals surface area (Å²) in [6, 6.07) is 4.45. The Bertz CT molecular complexity index is 508. The Kier molecular flexibility index (Phi) is 4.67. The van der Waals surface area contributed by atoms with Crippen LogP contribution < -0.4 is 10.6 Å². The number of halogens is 1. The third-order valence-electron chi connectivity index (χ3n) is 2.90. The van der Waals surface area contributed by atoms with Gasteiger partial charge >= 0.3 is 6.09 Å². The van der Waals surface area contributed by atoms with Crippen LogP contribution in [0.4, 0.5) is 20.6 Å². The van der Waals surface area contributed by atoms with Crippen LogP contribution in [0.1, 0.15) is 27.2 Å². The van der Waals surface area contributed by atoms with E-state index in [1.165, 1.54) is 12.1 Å². The lowest BCUT2D eigenvalue weighted by Gasteiger charge is -2.20. The normalized spacial score (nSPS) is 18.4.